The standard InChI is InChI=1S/C24H26N4O4/c1-4-28(16-17-10-12-19(13-11-17)24(31)27(2)3)22(29)15-25-23(30)20-14-21(32-26-20)18-8-6-5-7-9-18/h5-14H,4,15-16H2,1-3H3,(H,25,30). The Morgan fingerprint density at radius 3 is 2.31 bits per heavy atom. The van der Waals surface area contributed by atoms with Crippen molar-refractivity contribution in [1.82, 2.24) is 20.3 Å². The zero-order chi connectivity index (χ0) is 23.1. The highest BCUT2D eigenvalue weighted by atomic mass is 16.5. The molecule has 0 aliphatic heterocycles. The molecule has 0 saturated heterocycles. The van der Waals surface area contributed by atoms with Crippen LogP contribution in [0.4, 0.5) is 0 Å². The van der Waals surface area contributed by atoms with E-state index in [-0.39, 0.29) is 24.1 Å². The van der Waals surface area contributed by atoms with Crippen molar-refractivity contribution in [2.75, 3.05) is 27.2 Å². The first-order chi connectivity index (χ1) is 15.4. The summed E-state index contributed by atoms with van der Waals surface area (Å²) in [6, 6.07) is 18.0. The van der Waals surface area contributed by atoms with Gasteiger partial charge in [-0.15, -0.1) is 0 Å². The molecule has 0 atom stereocenters. The molecule has 3 aromatic rings. The molecule has 1 N–H and O–H groups in total. The van der Waals surface area contributed by atoms with Crippen molar-refractivity contribution in [3.05, 3.63) is 77.5 Å². The number of carbonyl (C=O) groups excluding carboxylic acids is 3. The Morgan fingerprint density at radius 2 is 1.69 bits per heavy atom. The molecule has 3 amide bonds. The van der Waals surface area contributed by atoms with Gasteiger partial charge < -0.3 is 19.6 Å². The average molecular weight is 434 g/mol. The van der Waals surface area contributed by atoms with Crippen LogP contribution in [-0.2, 0) is 11.3 Å². The van der Waals surface area contributed by atoms with E-state index in [1.54, 1.807) is 37.2 Å². The van der Waals surface area contributed by atoms with Crippen molar-refractivity contribution >= 4 is 17.7 Å². The second-order valence-corrected chi connectivity index (χ2v) is 7.43. The third-order valence-electron chi connectivity index (χ3n) is 4.92. The largest absolute Gasteiger partial charge is 0.355 e. The summed E-state index contributed by atoms with van der Waals surface area (Å²) in [5, 5.41) is 6.39. The minimum absolute atomic E-state index is 0.0778. The minimum atomic E-state index is -0.480. The average Bonchev–Trinajstić information content (AvgIpc) is 3.31. The molecule has 0 bridgehead atoms. The van der Waals surface area contributed by atoms with Crippen LogP contribution in [0.5, 0.6) is 0 Å². The van der Waals surface area contributed by atoms with Crippen LogP contribution < -0.4 is 5.32 Å². The van der Waals surface area contributed by atoms with Crippen LogP contribution in [0.3, 0.4) is 0 Å². The zero-order valence-electron chi connectivity index (χ0n) is 18.4. The highest BCUT2D eigenvalue weighted by molar-refractivity contribution is 5.95. The van der Waals surface area contributed by atoms with Gasteiger partial charge in [-0.1, -0.05) is 47.6 Å². The quantitative estimate of drug-likeness (QED) is 0.588. The van der Waals surface area contributed by atoms with Crippen LogP contribution in [0.15, 0.2) is 65.2 Å². The Bertz CT molecular complexity index is 1070. The number of hydrogen-bond acceptors (Lipinski definition) is 5. The number of hydrogen-bond donors (Lipinski definition) is 1. The predicted octanol–water partition coefficient (Wildman–Crippen LogP) is 2.82. The zero-order valence-corrected chi connectivity index (χ0v) is 18.4. The molecule has 166 valence electrons. The topological polar surface area (TPSA) is 95.8 Å². The van der Waals surface area contributed by atoms with Gasteiger partial charge in [0.05, 0.1) is 6.54 Å². The van der Waals surface area contributed by atoms with Gasteiger partial charge in [0.25, 0.3) is 11.8 Å². The molecule has 3 rings (SSSR count). The highest BCUT2D eigenvalue weighted by Gasteiger charge is 2.17. The van der Waals surface area contributed by atoms with Crippen molar-refractivity contribution in [2.45, 2.75) is 13.5 Å². The monoisotopic (exact) mass is 434 g/mol. The summed E-state index contributed by atoms with van der Waals surface area (Å²) in [4.78, 5) is 40.1. The highest BCUT2D eigenvalue weighted by Crippen LogP contribution is 2.19. The van der Waals surface area contributed by atoms with E-state index in [0.29, 0.717) is 24.4 Å². The molecule has 8 nitrogen and oxygen atoms in total. The van der Waals surface area contributed by atoms with E-state index >= 15 is 0 Å². The fraction of sp³-hybridized carbons (Fsp3) is 0.250. The molecule has 0 unspecified atom stereocenters. The van der Waals surface area contributed by atoms with Crippen LogP contribution in [0.2, 0.25) is 0 Å². The van der Waals surface area contributed by atoms with Gasteiger partial charge in [0.15, 0.2) is 11.5 Å². The summed E-state index contributed by atoms with van der Waals surface area (Å²) >= 11 is 0. The predicted molar refractivity (Wildman–Crippen MR) is 120 cm³/mol. The van der Waals surface area contributed by atoms with Gasteiger partial charge in [-0.2, -0.15) is 0 Å². The van der Waals surface area contributed by atoms with E-state index < -0.39 is 5.91 Å². The number of carbonyl (C=O) groups is 3. The lowest BCUT2D eigenvalue weighted by atomic mass is 10.1. The third kappa shape index (κ3) is 5.60. The number of likely N-dealkylation sites (N-methyl/N-ethyl adjacent to an activating group) is 1. The van der Waals surface area contributed by atoms with Gasteiger partial charge in [0, 0.05) is 44.4 Å². The maximum Gasteiger partial charge on any atom is 0.273 e. The summed E-state index contributed by atoms with van der Waals surface area (Å²) in [6.45, 7) is 2.57. The fourth-order valence-electron chi connectivity index (χ4n) is 3.09. The molecule has 0 saturated carbocycles. The lowest BCUT2D eigenvalue weighted by Gasteiger charge is -2.21. The molecule has 1 heterocycles. The lowest BCUT2D eigenvalue weighted by molar-refractivity contribution is -0.130. The normalized spacial score (nSPS) is 10.5. The summed E-state index contributed by atoms with van der Waals surface area (Å²) in [6.07, 6.45) is 0. The minimum Gasteiger partial charge on any atom is -0.355 e. The number of rotatable bonds is 8. The van der Waals surface area contributed by atoms with Gasteiger partial charge in [-0.25, -0.2) is 0 Å². The van der Waals surface area contributed by atoms with Gasteiger partial charge >= 0.3 is 0 Å². The second kappa shape index (κ2) is 10.4. The van der Waals surface area contributed by atoms with E-state index in [1.165, 1.54) is 4.90 Å². The van der Waals surface area contributed by atoms with Crippen LogP contribution in [0, 0.1) is 0 Å². The Balaban J connectivity index is 1.55. The van der Waals surface area contributed by atoms with Gasteiger partial charge in [-0.3, -0.25) is 14.4 Å². The van der Waals surface area contributed by atoms with E-state index in [4.69, 9.17) is 4.52 Å². The summed E-state index contributed by atoms with van der Waals surface area (Å²) in [5.74, 6) is -0.299. The molecule has 0 spiro atoms. The first-order valence-corrected chi connectivity index (χ1v) is 10.3. The Hall–Kier alpha value is -3.94. The molecule has 2 aromatic carbocycles. The van der Waals surface area contributed by atoms with Crippen molar-refractivity contribution in [2.24, 2.45) is 0 Å². The van der Waals surface area contributed by atoms with Gasteiger partial charge in [0.1, 0.15) is 0 Å². The van der Waals surface area contributed by atoms with Crippen molar-refractivity contribution in [1.29, 1.82) is 0 Å². The summed E-state index contributed by atoms with van der Waals surface area (Å²) < 4.78 is 5.23. The maximum atomic E-state index is 12.6. The van der Waals surface area contributed by atoms with E-state index in [0.717, 1.165) is 11.1 Å². The number of aromatic nitrogens is 1. The first-order valence-electron chi connectivity index (χ1n) is 10.3. The third-order valence-corrected chi connectivity index (χ3v) is 4.92. The van der Waals surface area contributed by atoms with E-state index in [1.807, 2.05) is 49.4 Å². The Morgan fingerprint density at radius 1 is 1.00 bits per heavy atom. The first kappa shape index (κ1) is 22.7. The molecular weight excluding hydrogens is 408 g/mol. The lowest BCUT2D eigenvalue weighted by Crippen LogP contribution is -2.39. The van der Waals surface area contributed by atoms with Crippen LogP contribution in [0.1, 0.15) is 33.3 Å². The smallest absolute Gasteiger partial charge is 0.273 e. The molecule has 8 heteroatoms. The van der Waals surface area contributed by atoms with E-state index in [2.05, 4.69) is 10.5 Å². The molecule has 1 aromatic heterocycles. The van der Waals surface area contributed by atoms with Crippen molar-refractivity contribution in [3.8, 4) is 11.3 Å². The number of amides is 3. The van der Waals surface area contributed by atoms with Crippen LogP contribution >= 0.6 is 0 Å². The van der Waals surface area contributed by atoms with Crippen LogP contribution in [-0.4, -0.2) is 59.9 Å². The second-order valence-electron chi connectivity index (χ2n) is 7.43. The Labute approximate surface area is 186 Å². The summed E-state index contributed by atoms with van der Waals surface area (Å²) in [5.41, 5.74) is 2.40. The number of benzene rings is 2. The molecule has 0 radical (unpaired) electrons. The van der Waals surface area contributed by atoms with Crippen molar-refractivity contribution < 1.29 is 18.9 Å². The molecule has 0 aliphatic carbocycles. The number of nitrogens with zero attached hydrogens (tertiary/aromatic N) is 3. The maximum absolute atomic E-state index is 12.6. The molecule has 0 fully saturated rings. The fourth-order valence-corrected chi connectivity index (χ4v) is 3.09. The molecule has 0 aliphatic rings. The van der Waals surface area contributed by atoms with E-state index in [9.17, 15) is 14.4 Å². The van der Waals surface area contributed by atoms with Crippen molar-refractivity contribution in [3.63, 3.8) is 0 Å². The molecule has 32 heavy (non-hydrogen) atoms. The Kier molecular flexibility index (Phi) is 7.38. The van der Waals surface area contributed by atoms with Gasteiger partial charge in [-0.05, 0) is 24.6 Å². The summed E-state index contributed by atoms with van der Waals surface area (Å²) in [7, 11) is 3.40. The SMILES string of the molecule is CCN(Cc1ccc(C(=O)N(C)C)cc1)C(=O)CNC(=O)c1cc(-c2ccccc2)on1. The van der Waals surface area contributed by atoms with Crippen LogP contribution in [0.25, 0.3) is 11.3 Å². The molecular formula is C24H26N4O4. The number of nitrogens with one attached hydrogen (secondary N) is 1. The van der Waals surface area contributed by atoms with Gasteiger partial charge in [0.2, 0.25) is 5.91 Å².